The van der Waals surface area contributed by atoms with Crippen molar-refractivity contribution < 1.29 is 9.53 Å². The monoisotopic (exact) mass is 282 g/mol. The predicted octanol–water partition coefficient (Wildman–Crippen LogP) is 3.64. The van der Waals surface area contributed by atoms with Crippen LogP contribution in [0.1, 0.15) is 15.2 Å². The van der Waals surface area contributed by atoms with Crippen LogP contribution >= 0.6 is 22.9 Å². The quantitative estimate of drug-likeness (QED) is 0.873. The molecule has 18 heavy (non-hydrogen) atoms. The van der Waals surface area contributed by atoms with Gasteiger partial charge in [0.25, 0.3) is 0 Å². The summed E-state index contributed by atoms with van der Waals surface area (Å²) < 4.78 is 4.62. The van der Waals surface area contributed by atoms with Gasteiger partial charge in [0.2, 0.25) is 0 Å². The first kappa shape index (κ1) is 12.9. The molecule has 4 nitrogen and oxygen atoms in total. The summed E-state index contributed by atoms with van der Waals surface area (Å²) in [4.78, 5) is 15.8. The summed E-state index contributed by atoms with van der Waals surface area (Å²) in [7, 11) is 1.34. The number of ether oxygens (including phenoxy) is 1. The number of aryl methyl sites for hydroxylation is 1. The summed E-state index contributed by atoms with van der Waals surface area (Å²) in [6.45, 7) is 1.93. The molecule has 0 saturated heterocycles. The van der Waals surface area contributed by atoms with Crippen LogP contribution < -0.4 is 5.32 Å². The molecule has 0 amide bonds. The van der Waals surface area contributed by atoms with Crippen LogP contribution in [0.5, 0.6) is 0 Å². The Morgan fingerprint density at radius 2 is 2.28 bits per heavy atom. The van der Waals surface area contributed by atoms with Gasteiger partial charge in [0, 0.05) is 0 Å². The maximum absolute atomic E-state index is 11.3. The molecule has 2 aromatic rings. The Bertz CT molecular complexity index is 583. The zero-order chi connectivity index (χ0) is 13.1. The highest BCUT2D eigenvalue weighted by atomic mass is 35.5. The van der Waals surface area contributed by atoms with E-state index < -0.39 is 5.97 Å². The van der Waals surface area contributed by atoms with Gasteiger partial charge < -0.3 is 10.1 Å². The van der Waals surface area contributed by atoms with Gasteiger partial charge >= 0.3 is 5.97 Å². The first-order chi connectivity index (χ1) is 8.61. The third-order valence-corrected chi connectivity index (χ3v) is 3.72. The van der Waals surface area contributed by atoms with E-state index in [4.69, 9.17) is 11.6 Å². The second-order valence-electron chi connectivity index (χ2n) is 3.58. The van der Waals surface area contributed by atoms with Gasteiger partial charge in [-0.2, -0.15) is 0 Å². The second kappa shape index (κ2) is 5.37. The molecule has 0 saturated carbocycles. The van der Waals surface area contributed by atoms with Crippen molar-refractivity contribution in [3.05, 3.63) is 39.9 Å². The molecule has 94 valence electrons. The average Bonchev–Trinajstić information content (AvgIpc) is 2.82. The number of anilines is 2. The normalized spacial score (nSPS) is 10.2. The summed E-state index contributed by atoms with van der Waals surface area (Å²) >= 11 is 7.38. The largest absolute Gasteiger partial charge is 0.465 e. The van der Waals surface area contributed by atoms with E-state index in [9.17, 15) is 4.79 Å². The first-order valence-corrected chi connectivity index (χ1v) is 6.37. The Morgan fingerprint density at radius 1 is 1.50 bits per heavy atom. The van der Waals surface area contributed by atoms with Gasteiger partial charge in [-0.1, -0.05) is 35.1 Å². The summed E-state index contributed by atoms with van der Waals surface area (Å²) in [6, 6.07) is 5.68. The Labute approximate surface area is 114 Å². The van der Waals surface area contributed by atoms with E-state index >= 15 is 0 Å². The number of hydrogen-bond acceptors (Lipinski definition) is 5. The highest BCUT2D eigenvalue weighted by molar-refractivity contribution is 7.17. The number of hydrogen-bond donors (Lipinski definition) is 1. The van der Waals surface area contributed by atoms with Crippen LogP contribution in [-0.4, -0.2) is 18.1 Å². The van der Waals surface area contributed by atoms with Crippen molar-refractivity contribution in [2.75, 3.05) is 12.4 Å². The maximum Gasteiger partial charge on any atom is 0.349 e. The summed E-state index contributed by atoms with van der Waals surface area (Å²) in [6.07, 6.45) is 1.47. The van der Waals surface area contributed by atoms with Gasteiger partial charge in [-0.3, -0.25) is 0 Å². The number of methoxy groups -OCH3 is 1. The van der Waals surface area contributed by atoms with Crippen molar-refractivity contribution in [3.8, 4) is 0 Å². The van der Waals surface area contributed by atoms with Crippen molar-refractivity contribution in [1.29, 1.82) is 0 Å². The van der Waals surface area contributed by atoms with Crippen LogP contribution in [0, 0.1) is 6.92 Å². The van der Waals surface area contributed by atoms with Crippen LogP contribution in [-0.2, 0) is 4.74 Å². The standard InChI is InChI=1S/C12H11ClN2O2S/c1-7-4-3-5-8(10(7)13)15-12-14-6-9(18-12)11(16)17-2/h3-6H,1-2H3,(H,14,15). The molecule has 0 radical (unpaired) electrons. The Morgan fingerprint density at radius 3 is 3.00 bits per heavy atom. The molecule has 0 atom stereocenters. The SMILES string of the molecule is COC(=O)c1cnc(Nc2cccc(C)c2Cl)s1. The van der Waals surface area contributed by atoms with E-state index in [1.165, 1.54) is 24.6 Å². The molecule has 6 heteroatoms. The van der Waals surface area contributed by atoms with Crippen molar-refractivity contribution in [3.63, 3.8) is 0 Å². The number of aromatic nitrogens is 1. The number of nitrogens with one attached hydrogen (secondary N) is 1. The lowest BCUT2D eigenvalue weighted by Crippen LogP contribution is -1.96. The molecule has 0 fully saturated rings. The molecule has 1 heterocycles. The number of benzene rings is 1. The minimum Gasteiger partial charge on any atom is -0.465 e. The smallest absolute Gasteiger partial charge is 0.349 e. The fraction of sp³-hybridized carbons (Fsp3) is 0.167. The van der Waals surface area contributed by atoms with Gasteiger partial charge in [-0.15, -0.1) is 0 Å². The molecule has 1 N–H and O–H groups in total. The Hall–Kier alpha value is -1.59. The van der Waals surface area contributed by atoms with Crippen LogP contribution in [0.25, 0.3) is 0 Å². The lowest BCUT2D eigenvalue weighted by atomic mass is 10.2. The van der Waals surface area contributed by atoms with Crippen LogP contribution in [0.15, 0.2) is 24.4 Å². The molecule has 0 spiro atoms. The van der Waals surface area contributed by atoms with Gasteiger partial charge in [0.05, 0.1) is 24.0 Å². The molecule has 1 aromatic carbocycles. The predicted molar refractivity (Wildman–Crippen MR) is 72.9 cm³/mol. The number of carbonyl (C=O) groups is 1. The number of halogens is 1. The molecular formula is C12H11ClN2O2S. The summed E-state index contributed by atoms with van der Waals surface area (Å²) in [5.74, 6) is -0.393. The van der Waals surface area contributed by atoms with E-state index in [0.717, 1.165) is 11.3 Å². The van der Waals surface area contributed by atoms with Crippen molar-refractivity contribution in [1.82, 2.24) is 4.98 Å². The topological polar surface area (TPSA) is 51.2 Å². The van der Waals surface area contributed by atoms with E-state index in [2.05, 4.69) is 15.0 Å². The maximum atomic E-state index is 11.3. The third kappa shape index (κ3) is 2.63. The first-order valence-electron chi connectivity index (χ1n) is 5.18. The lowest BCUT2D eigenvalue weighted by Gasteiger charge is -2.06. The number of thiazole rings is 1. The highest BCUT2D eigenvalue weighted by Gasteiger charge is 2.11. The van der Waals surface area contributed by atoms with Crippen LogP contribution in [0.2, 0.25) is 5.02 Å². The minimum absolute atomic E-state index is 0.393. The van der Waals surface area contributed by atoms with Gasteiger partial charge in [0.1, 0.15) is 4.88 Å². The molecular weight excluding hydrogens is 272 g/mol. The number of rotatable bonds is 3. The minimum atomic E-state index is -0.393. The Kier molecular flexibility index (Phi) is 3.84. The van der Waals surface area contributed by atoms with Crippen molar-refractivity contribution in [2.45, 2.75) is 6.92 Å². The van der Waals surface area contributed by atoms with Crippen LogP contribution in [0.3, 0.4) is 0 Å². The zero-order valence-electron chi connectivity index (χ0n) is 9.86. The van der Waals surface area contributed by atoms with E-state index in [1.54, 1.807) is 0 Å². The van der Waals surface area contributed by atoms with Crippen LogP contribution in [0.4, 0.5) is 10.8 Å². The number of nitrogens with zero attached hydrogens (tertiary/aromatic N) is 1. The zero-order valence-corrected chi connectivity index (χ0v) is 11.4. The van der Waals surface area contributed by atoms with Crippen molar-refractivity contribution >= 4 is 39.7 Å². The van der Waals surface area contributed by atoms with E-state index in [1.807, 2.05) is 25.1 Å². The highest BCUT2D eigenvalue weighted by Crippen LogP contribution is 2.30. The van der Waals surface area contributed by atoms with Gasteiger partial charge in [-0.25, -0.2) is 9.78 Å². The second-order valence-corrected chi connectivity index (χ2v) is 4.99. The molecule has 0 aliphatic heterocycles. The molecule has 2 rings (SSSR count). The third-order valence-electron chi connectivity index (χ3n) is 2.33. The molecule has 0 aliphatic carbocycles. The fourth-order valence-corrected chi connectivity index (χ4v) is 2.31. The lowest BCUT2D eigenvalue weighted by molar-refractivity contribution is 0.0606. The molecule has 0 aliphatic rings. The molecule has 1 aromatic heterocycles. The number of carbonyl (C=O) groups excluding carboxylic acids is 1. The van der Waals surface area contributed by atoms with Crippen molar-refractivity contribution in [2.24, 2.45) is 0 Å². The summed E-state index contributed by atoms with van der Waals surface area (Å²) in [5.41, 5.74) is 1.74. The Balaban J connectivity index is 2.21. The summed E-state index contributed by atoms with van der Waals surface area (Å²) in [5, 5.41) is 4.33. The molecule has 0 unspecified atom stereocenters. The van der Waals surface area contributed by atoms with Gasteiger partial charge in [0.15, 0.2) is 5.13 Å². The fourth-order valence-electron chi connectivity index (χ4n) is 1.39. The van der Waals surface area contributed by atoms with E-state index in [-0.39, 0.29) is 0 Å². The molecule has 0 bridgehead atoms. The van der Waals surface area contributed by atoms with E-state index in [0.29, 0.717) is 15.0 Å². The average molecular weight is 283 g/mol. The number of esters is 1. The van der Waals surface area contributed by atoms with Gasteiger partial charge in [-0.05, 0) is 18.6 Å².